The van der Waals surface area contributed by atoms with Crippen LogP contribution in [0.3, 0.4) is 0 Å². The van der Waals surface area contributed by atoms with Crippen molar-refractivity contribution in [3.8, 4) is 0 Å². The minimum absolute atomic E-state index is 0.0354. The molecule has 1 aromatic carbocycles. The third-order valence-corrected chi connectivity index (χ3v) is 3.29. The van der Waals surface area contributed by atoms with E-state index in [1.54, 1.807) is 32.9 Å². The molecule has 0 aliphatic carbocycles. The molecule has 134 valence electrons. The molecule has 0 aliphatic rings. The van der Waals surface area contributed by atoms with Crippen LogP contribution in [-0.4, -0.2) is 43.5 Å². The number of carbonyl (C=O) groups excluding carboxylic acids is 1. The number of hydrogen-bond donors (Lipinski definition) is 3. The molecule has 0 unspecified atom stereocenters. The number of sulfonamides is 1. The Morgan fingerprint density at radius 1 is 1.21 bits per heavy atom. The SMILES string of the molecule is CC(C)(C)OC(=O)N[C@@H](Cc1ccc(NS(C)(=O)=O)cc1)C(=O)O. The largest absolute Gasteiger partial charge is 0.480 e. The highest BCUT2D eigenvalue weighted by Crippen LogP contribution is 2.13. The molecule has 0 aromatic heterocycles. The van der Waals surface area contributed by atoms with Crippen LogP contribution in [-0.2, 0) is 26.0 Å². The van der Waals surface area contributed by atoms with Crippen molar-refractivity contribution in [1.29, 1.82) is 0 Å². The molecule has 0 fully saturated rings. The van der Waals surface area contributed by atoms with Crippen LogP contribution < -0.4 is 10.0 Å². The molecule has 0 saturated heterocycles. The predicted octanol–water partition coefficient (Wildman–Crippen LogP) is 1.58. The van der Waals surface area contributed by atoms with Gasteiger partial charge in [0.25, 0.3) is 0 Å². The van der Waals surface area contributed by atoms with E-state index in [-0.39, 0.29) is 6.42 Å². The molecular weight excluding hydrogens is 336 g/mol. The summed E-state index contributed by atoms with van der Waals surface area (Å²) in [6.45, 7) is 5.03. The molecule has 0 bridgehead atoms. The highest BCUT2D eigenvalue weighted by Gasteiger charge is 2.24. The van der Waals surface area contributed by atoms with Crippen molar-refractivity contribution in [1.82, 2.24) is 5.32 Å². The summed E-state index contributed by atoms with van der Waals surface area (Å²) in [4.78, 5) is 23.0. The van der Waals surface area contributed by atoms with Crippen LogP contribution in [0, 0.1) is 0 Å². The van der Waals surface area contributed by atoms with Crippen LogP contribution >= 0.6 is 0 Å². The van der Waals surface area contributed by atoms with Gasteiger partial charge in [0.1, 0.15) is 11.6 Å². The zero-order valence-corrected chi connectivity index (χ0v) is 14.8. The molecule has 3 N–H and O–H groups in total. The van der Waals surface area contributed by atoms with Gasteiger partial charge in [-0.05, 0) is 38.5 Å². The Kier molecular flexibility index (Phi) is 6.19. The Morgan fingerprint density at radius 3 is 2.17 bits per heavy atom. The van der Waals surface area contributed by atoms with E-state index >= 15 is 0 Å². The minimum atomic E-state index is -3.38. The summed E-state index contributed by atoms with van der Waals surface area (Å²) in [5.74, 6) is -1.20. The summed E-state index contributed by atoms with van der Waals surface area (Å²) in [5.41, 5.74) is 0.261. The second kappa shape index (κ2) is 7.52. The Labute approximate surface area is 141 Å². The zero-order chi connectivity index (χ0) is 18.5. The molecule has 0 heterocycles. The van der Waals surface area contributed by atoms with Crippen molar-refractivity contribution < 1.29 is 27.9 Å². The molecule has 0 radical (unpaired) electrons. The van der Waals surface area contributed by atoms with Gasteiger partial charge in [0.2, 0.25) is 10.0 Å². The first kappa shape index (κ1) is 19.8. The fourth-order valence-corrected chi connectivity index (χ4v) is 2.37. The van der Waals surface area contributed by atoms with Crippen molar-refractivity contribution >= 4 is 27.8 Å². The third-order valence-electron chi connectivity index (χ3n) is 2.69. The van der Waals surface area contributed by atoms with Gasteiger partial charge in [-0.15, -0.1) is 0 Å². The topological polar surface area (TPSA) is 122 Å². The number of carboxylic acid groups (broad SMARTS) is 1. The molecule has 0 saturated carbocycles. The molecule has 0 aliphatic heterocycles. The first-order valence-electron chi connectivity index (χ1n) is 7.15. The van der Waals surface area contributed by atoms with Crippen molar-refractivity contribution in [3.63, 3.8) is 0 Å². The number of amides is 1. The number of aliphatic carboxylic acids is 1. The standard InChI is InChI=1S/C15H22N2O6S/c1-15(2,3)23-14(20)16-12(13(18)19)9-10-5-7-11(8-6-10)17-24(4,21)22/h5-8,12,17H,9H2,1-4H3,(H,16,20)(H,18,19)/t12-/m0/s1. The molecule has 1 rings (SSSR count). The number of anilines is 1. The summed E-state index contributed by atoms with van der Waals surface area (Å²) < 4.78 is 29.6. The summed E-state index contributed by atoms with van der Waals surface area (Å²) in [5, 5.41) is 11.5. The first-order chi connectivity index (χ1) is 10.9. The van der Waals surface area contributed by atoms with Gasteiger partial charge in [-0.1, -0.05) is 12.1 Å². The Balaban J connectivity index is 2.75. The maximum Gasteiger partial charge on any atom is 0.408 e. The van der Waals surface area contributed by atoms with Crippen molar-refractivity contribution in [2.24, 2.45) is 0 Å². The lowest BCUT2D eigenvalue weighted by molar-refractivity contribution is -0.139. The van der Waals surface area contributed by atoms with E-state index in [0.29, 0.717) is 11.3 Å². The van der Waals surface area contributed by atoms with Gasteiger partial charge < -0.3 is 15.2 Å². The van der Waals surface area contributed by atoms with E-state index in [1.165, 1.54) is 12.1 Å². The number of carboxylic acids is 1. The number of benzene rings is 1. The summed E-state index contributed by atoms with van der Waals surface area (Å²) in [6, 6.07) is 5.04. The van der Waals surface area contributed by atoms with Gasteiger partial charge in [-0.2, -0.15) is 0 Å². The van der Waals surface area contributed by atoms with E-state index in [0.717, 1.165) is 6.26 Å². The first-order valence-corrected chi connectivity index (χ1v) is 9.04. The minimum Gasteiger partial charge on any atom is -0.480 e. The van der Waals surface area contributed by atoms with Crippen LogP contribution in [0.5, 0.6) is 0 Å². The van der Waals surface area contributed by atoms with Gasteiger partial charge in [-0.25, -0.2) is 18.0 Å². The van der Waals surface area contributed by atoms with Gasteiger partial charge >= 0.3 is 12.1 Å². The smallest absolute Gasteiger partial charge is 0.408 e. The lowest BCUT2D eigenvalue weighted by Gasteiger charge is -2.22. The molecule has 24 heavy (non-hydrogen) atoms. The van der Waals surface area contributed by atoms with Gasteiger partial charge in [-0.3, -0.25) is 4.72 Å². The zero-order valence-electron chi connectivity index (χ0n) is 14.0. The van der Waals surface area contributed by atoms with Crippen molar-refractivity contribution in [2.75, 3.05) is 11.0 Å². The second-order valence-electron chi connectivity index (χ2n) is 6.31. The number of nitrogens with one attached hydrogen (secondary N) is 2. The van der Waals surface area contributed by atoms with Gasteiger partial charge in [0.05, 0.1) is 6.26 Å². The lowest BCUT2D eigenvalue weighted by Crippen LogP contribution is -2.44. The van der Waals surface area contributed by atoms with Crippen molar-refractivity contribution in [3.05, 3.63) is 29.8 Å². The van der Waals surface area contributed by atoms with Crippen LogP contribution in [0.4, 0.5) is 10.5 Å². The molecule has 0 spiro atoms. The number of alkyl carbamates (subject to hydrolysis) is 1. The maximum atomic E-state index is 11.7. The average molecular weight is 358 g/mol. The summed E-state index contributed by atoms with van der Waals surface area (Å²) in [7, 11) is -3.38. The quantitative estimate of drug-likeness (QED) is 0.710. The number of carbonyl (C=O) groups is 2. The number of hydrogen-bond acceptors (Lipinski definition) is 5. The average Bonchev–Trinajstić information content (AvgIpc) is 2.36. The van der Waals surface area contributed by atoms with Crippen molar-refractivity contribution in [2.45, 2.75) is 38.8 Å². The molecule has 1 atom stereocenters. The number of rotatable bonds is 6. The fraction of sp³-hybridized carbons (Fsp3) is 0.467. The summed E-state index contributed by atoms with van der Waals surface area (Å²) >= 11 is 0. The second-order valence-corrected chi connectivity index (χ2v) is 8.06. The maximum absolute atomic E-state index is 11.7. The van der Waals surface area contributed by atoms with Gasteiger partial charge in [0, 0.05) is 12.1 Å². The monoisotopic (exact) mass is 358 g/mol. The van der Waals surface area contributed by atoms with Crippen LogP contribution in [0.25, 0.3) is 0 Å². The third kappa shape index (κ3) is 7.82. The molecule has 8 nitrogen and oxygen atoms in total. The lowest BCUT2D eigenvalue weighted by atomic mass is 10.1. The van der Waals surface area contributed by atoms with E-state index in [1.807, 2.05) is 0 Å². The van der Waals surface area contributed by atoms with E-state index in [4.69, 9.17) is 4.74 Å². The Morgan fingerprint density at radius 2 is 1.75 bits per heavy atom. The summed E-state index contributed by atoms with van der Waals surface area (Å²) in [6.07, 6.45) is 0.255. The van der Waals surface area contributed by atoms with Crippen LogP contribution in [0.15, 0.2) is 24.3 Å². The predicted molar refractivity (Wildman–Crippen MR) is 89.4 cm³/mol. The normalized spacial score (nSPS) is 13.0. The molecule has 9 heteroatoms. The Bertz CT molecular complexity index is 692. The fourth-order valence-electron chi connectivity index (χ4n) is 1.81. The highest BCUT2D eigenvalue weighted by atomic mass is 32.2. The molecular formula is C15H22N2O6S. The van der Waals surface area contributed by atoms with E-state index < -0.39 is 33.7 Å². The van der Waals surface area contributed by atoms with Crippen LogP contribution in [0.1, 0.15) is 26.3 Å². The van der Waals surface area contributed by atoms with E-state index in [2.05, 4.69) is 10.0 Å². The van der Waals surface area contributed by atoms with E-state index in [9.17, 15) is 23.1 Å². The molecule has 1 aromatic rings. The molecule has 1 amide bonds. The highest BCUT2D eigenvalue weighted by molar-refractivity contribution is 7.92. The Hall–Kier alpha value is -2.29. The number of ether oxygens (including phenoxy) is 1. The van der Waals surface area contributed by atoms with Crippen LogP contribution in [0.2, 0.25) is 0 Å². The van der Waals surface area contributed by atoms with Gasteiger partial charge in [0.15, 0.2) is 0 Å².